The zero-order chi connectivity index (χ0) is 25.8. The molecule has 7 heteroatoms. The van der Waals surface area contributed by atoms with Crippen LogP contribution in [-0.2, 0) is 0 Å². The Labute approximate surface area is 222 Å². The normalized spacial score (nSPS) is 11.1. The number of amides is 1. The van der Waals surface area contributed by atoms with Gasteiger partial charge in [0, 0.05) is 26.5 Å². The van der Waals surface area contributed by atoms with Crippen LogP contribution in [0, 0.1) is 6.92 Å². The van der Waals surface area contributed by atoms with Crippen molar-refractivity contribution >= 4 is 44.9 Å². The molecule has 0 spiro atoms. The second kappa shape index (κ2) is 10.6. The number of nitrogens with one attached hydrogen (secondary N) is 2. The van der Waals surface area contributed by atoms with Crippen molar-refractivity contribution in [2.75, 3.05) is 0 Å². The van der Waals surface area contributed by atoms with Gasteiger partial charge in [0.2, 0.25) is 0 Å². The van der Waals surface area contributed by atoms with Gasteiger partial charge in [-0.25, -0.2) is 10.2 Å². The molecule has 0 aliphatic carbocycles. The zero-order valence-electron chi connectivity index (χ0n) is 19.9. The van der Waals surface area contributed by atoms with Gasteiger partial charge in [-0.1, -0.05) is 82.2 Å². The number of hydrazone groups is 1. The Morgan fingerprint density at radius 1 is 0.919 bits per heavy atom. The SMILES string of the molecule is Cc1cccc(C(=O)Oc2ccc(Br)cc2C=NNC(=O)c2[nH]c3ccccc3c2-c2ccccc2)c1. The summed E-state index contributed by atoms with van der Waals surface area (Å²) in [4.78, 5) is 29.1. The average molecular weight is 552 g/mol. The lowest BCUT2D eigenvalue weighted by Crippen LogP contribution is -2.19. The summed E-state index contributed by atoms with van der Waals surface area (Å²) in [6, 6.07) is 29.9. The van der Waals surface area contributed by atoms with E-state index in [1.807, 2.05) is 67.6 Å². The highest BCUT2D eigenvalue weighted by molar-refractivity contribution is 9.10. The van der Waals surface area contributed by atoms with Gasteiger partial charge in [-0.05, 0) is 48.9 Å². The molecule has 5 aromatic rings. The summed E-state index contributed by atoms with van der Waals surface area (Å²) in [6.07, 6.45) is 1.45. The molecule has 1 aromatic heterocycles. The molecule has 4 aromatic carbocycles. The van der Waals surface area contributed by atoms with Crippen LogP contribution in [0.15, 0.2) is 107 Å². The lowest BCUT2D eigenvalue weighted by atomic mass is 10.0. The summed E-state index contributed by atoms with van der Waals surface area (Å²) < 4.78 is 6.41. The van der Waals surface area contributed by atoms with E-state index < -0.39 is 5.97 Å². The Morgan fingerprint density at radius 3 is 2.51 bits per heavy atom. The predicted octanol–water partition coefficient (Wildman–Crippen LogP) is 6.89. The molecule has 1 heterocycles. The summed E-state index contributed by atoms with van der Waals surface area (Å²) in [5.41, 5.74) is 7.52. The van der Waals surface area contributed by atoms with Crippen molar-refractivity contribution in [1.82, 2.24) is 10.4 Å². The van der Waals surface area contributed by atoms with Gasteiger partial charge >= 0.3 is 5.97 Å². The first-order valence-electron chi connectivity index (χ1n) is 11.6. The number of hydrogen-bond acceptors (Lipinski definition) is 4. The molecule has 0 fully saturated rings. The summed E-state index contributed by atoms with van der Waals surface area (Å²) in [5, 5.41) is 5.11. The Balaban J connectivity index is 1.40. The fraction of sp³-hybridized carbons (Fsp3) is 0.0333. The summed E-state index contributed by atoms with van der Waals surface area (Å²) in [6.45, 7) is 1.91. The summed E-state index contributed by atoms with van der Waals surface area (Å²) in [7, 11) is 0. The first kappa shape index (κ1) is 24.2. The van der Waals surface area contributed by atoms with Crippen molar-refractivity contribution in [3.63, 3.8) is 0 Å². The van der Waals surface area contributed by atoms with Crippen LogP contribution in [-0.4, -0.2) is 23.1 Å². The topological polar surface area (TPSA) is 83.5 Å². The number of fused-ring (bicyclic) bond motifs is 1. The van der Waals surface area contributed by atoms with Crippen molar-refractivity contribution < 1.29 is 14.3 Å². The average Bonchev–Trinajstić information content (AvgIpc) is 3.30. The van der Waals surface area contributed by atoms with E-state index in [0.29, 0.717) is 22.6 Å². The van der Waals surface area contributed by atoms with Gasteiger partial charge in [-0.15, -0.1) is 0 Å². The molecular weight excluding hydrogens is 530 g/mol. The number of rotatable bonds is 6. The highest BCUT2D eigenvalue weighted by Gasteiger charge is 2.19. The maximum atomic E-state index is 13.2. The van der Waals surface area contributed by atoms with Crippen LogP contribution < -0.4 is 10.2 Å². The number of H-pyrrole nitrogens is 1. The number of aryl methyl sites for hydroxylation is 1. The third kappa shape index (κ3) is 5.37. The van der Waals surface area contributed by atoms with Gasteiger partial charge in [0.1, 0.15) is 11.4 Å². The summed E-state index contributed by atoms with van der Waals surface area (Å²) >= 11 is 3.44. The number of para-hydroxylation sites is 1. The third-order valence-corrected chi connectivity index (χ3v) is 6.29. The van der Waals surface area contributed by atoms with Gasteiger partial charge in [-0.3, -0.25) is 4.79 Å². The molecule has 0 radical (unpaired) electrons. The zero-order valence-corrected chi connectivity index (χ0v) is 21.5. The number of aromatic amines is 1. The van der Waals surface area contributed by atoms with Crippen LogP contribution in [0.2, 0.25) is 0 Å². The van der Waals surface area contributed by atoms with Crippen molar-refractivity contribution in [2.45, 2.75) is 6.92 Å². The Kier molecular flexibility index (Phi) is 6.96. The molecule has 6 nitrogen and oxygen atoms in total. The predicted molar refractivity (Wildman–Crippen MR) is 149 cm³/mol. The van der Waals surface area contributed by atoms with E-state index in [0.717, 1.165) is 32.1 Å². The van der Waals surface area contributed by atoms with Crippen molar-refractivity contribution in [1.29, 1.82) is 0 Å². The van der Waals surface area contributed by atoms with Gasteiger partial charge in [0.05, 0.1) is 11.8 Å². The number of hydrogen-bond donors (Lipinski definition) is 2. The van der Waals surface area contributed by atoms with E-state index in [9.17, 15) is 9.59 Å². The lowest BCUT2D eigenvalue weighted by Gasteiger charge is -2.09. The van der Waals surface area contributed by atoms with Crippen molar-refractivity contribution in [3.05, 3.63) is 124 Å². The molecule has 0 bridgehead atoms. The molecule has 0 aliphatic rings. The van der Waals surface area contributed by atoms with E-state index in [-0.39, 0.29) is 5.91 Å². The highest BCUT2D eigenvalue weighted by atomic mass is 79.9. The van der Waals surface area contributed by atoms with E-state index in [1.165, 1.54) is 6.21 Å². The van der Waals surface area contributed by atoms with Crippen LogP contribution in [0.4, 0.5) is 0 Å². The number of nitrogens with zero attached hydrogens (tertiary/aromatic N) is 1. The Morgan fingerprint density at radius 2 is 1.70 bits per heavy atom. The second-order valence-corrected chi connectivity index (χ2v) is 9.34. The molecule has 0 saturated carbocycles. The molecule has 0 atom stereocenters. The number of benzene rings is 4. The first-order valence-corrected chi connectivity index (χ1v) is 12.4. The van der Waals surface area contributed by atoms with Crippen LogP contribution in [0.5, 0.6) is 5.75 Å². The molecule has 0 saturated heterocycles. The maximum Gasteiger partial charge on any atom is 0.343 e. The minimum absolute atomic E-state index is 0.322. The van der Waals surface area contributed by atoms with Crippen LogP contribution in [0.1, 0.15) is 32.0 Å². The monoisotopic (exact) mass is 551 g/mol. The lowest BCUT2D eigenvalue weighted by molar-refractivity contribution is 0.0734. The molecule has 0 unspecified atom stereocenters. The number of carbonyl (C=O) groups is 2. The standard InChI is InChI=1S/C30H22BrN3O3/c1-19-8-7-11-21(16-19)30(36)37-26-15-14-23(31)17-22(26)18-32-34-29(35)28-27(20-9-3-2-4-10-20)24-12-5-6-13-25(24)33-28/h2-18,33H,1H3,(H,34,35). The molecule has 5 rings (SSSR count). The van der Waals surface area contributed by atoms with Crippen LogP contribution in [0.3, 0.4) is 0 Å². The minimum Gasteiger partial charge on any atom is -0.422 e. The van der Waals surface area contributed by atoms with E-state index >= 15 is 0 Å². The fourth-order valence-corrected chi connectivity index (χ4v) is 4.46. The van der Waals surface area contributed by atoms with Crippen molar-refractivity contribution in [3.8, 4) is 16.9 Å². The van der Waals surface area contributed by atoms with E-state index in [2.05, 4.69) is 31.4 Å². The summed E-state index contributed by atoms with van der Waals surface area (Å²) in [5.74, 6) is -0.543. The Bertz CT molecular complexity index is 1640. The van der Waals surface area contributed by atoms with Crippen molar-refractivity contribution in [2.24, 2.45) is 5.10 Å². The molecule has 37 heavy (non-hydrogen) atoms. The van der Waals surface area contributed by atoms with E-state index in [1.54, 1.807) is 36.4 Å². The number of aromatic nitrogens is 1. The van der Waals surface area contributed by atoms with Crippen LogP contribution >= 0.6 is 15.9 Å². The molecule has 0 aliphatic heterocycles. The molecule has 2 N–H and O–H groups in total. The van der Waals surface area contributed by atoms with Gasteiger partial charge in [-0.2, -0.15) is 5.10 Å². The van der Waals surface area contributed by atoms with Gasteiger partial charge < -0.3 is 9.72 Å². The number of ether oxygens (including phenoxy) is 1. The fourth-order valence-electron chi connectivity index (χ4n) is 4.08. The Hall–Kier alpha value is -4.49. The maximum absolute atomic E-state index is 13.2. The third-order valence-electron chi connectivity index (χ3n) is 5.79. The number of esters is 1. The number of carbonyl (C=O) groups excluding carboxylic acids is 2. The highest BCUT2D eigenvalue weighted by Crippen LogP contribution is 2.32. The smallest absolute Gasteiger partial charge is 0.343 e. The first-order chi connectivity index (χ1) is 18.0. The molecule has 1 amide bonds. The molecule has 182 valence electrons. The van der Waals surface area contributed by atoms with E-state index in [4.69, 9.17) is 4.74 Å². The van der Waals surface area contributed by atoms with Crippen LogP contribution in [0.25, 0.3) is 22.0 Å². The minimum atomic E-state index is -0.477. The van der Waals surface area contributed by atoms with Gasteiger partial charge in [0.15, 0.2) is 0 Å². The number of halogens is 1. The largest absolute Gasteiger partial charge is 0.422 e. The molecular formula is C30H22BrN3O3. The quantitative estimate of drug-likeness (QED) is 0.104. The van der Waals surface area contributed by atoms with Gasteiger partial charge in [0.25, 0.3) is 5.91 Å². The second-order valence-electron chi connectivity index (χ2n) is 8.43.